The first kappa shape index (κ1) is 13.5. The van der Waals surface area contributed by atoms with E-state index in [0.29, 0.717) is 6.04 Å². The molecular formula is C15H23NO2. The van der Waals surface area contributed by atoms with Gasteiger partial charge in [-0.05, 0) is 25.3 Å². The monoisotopic (exact) mass is 249 g/mol. The second-order valence-electron chi connectivity index (χ2n) is 4.76. The molecule has 0 bridgehead atoms. The van der Waals surface area contributed by atoms with Gasteiger partial charge in [-0.15, -0.1) is 0 Å². The van der Waals surface area contributed by atoms with Crippen LogP contribution in [0, 0.1) is 0 Å². The Labute approximate surface area is 109 Å². The van der Waals surface area contributed by atoms with Crippen molar-refractivity contribution in [2.75, 3.05) is 26.4 Å². The summed E-state index contributed by atoms with van der Waals surface area (Å²) in [6.45, 7) is 5.55. The van der Waals surface area contributed by atoms with Crippen molar-refractivity contribution in [1.82, 2.24) is 5.32 Å². The average molecular weight is 249 g/mol. The minimum absolute atomic E-state index is 0.169. The van der Waals surface area contributed by atoms with Gasteiger partial charge in [0.2, 0.25) is 0 Å². The molecule has 100 valence electrons. The van der Waals surface area contributed by atoms with Crippen molar-refractivity contribution in [3.8, 4) is 0 Å². The highest BCUT2D eigenvalue weighted by molar-refractivity contribution is 5.16. The van der Waals surface area contributed by atoms with Crippen LogP contribution in [0.3, 0.4) is 0 Å². The van der Waals surface area contributed by atoms with Crippen LogP contribution in [0.2, 0.25) is 0 Å². The standard InChI is InChI=1S/C15H23NO2/c1-13(14-5-3-2-4-6-14)18-12-9-16-15-7-10-17-11-8-15/h2-6,13,15-16H,7-12H2,1H3. The summed E-state index contributed by atoms with van der Waals surface area (Å²) in [5.41, 5.74) is 1.24. The van der Waals surface area contributed by atoms with Crippen LogP contribution in [0.5, 0.6) is 0 Å². The molecule has 1 fully saturated rings. The molecule has 1 saturated heterocycles. The van der Waals surface area contributed by atoms with E-state index in [9.17, 15) is 0 Å². The highest BCUT2D eigenvalue weighted by Gasteiger charge is 2.12. The zero-order chi connectivity index (χ0) is 12.6. The van der Waals surface area contributed by atoms with E-state index < -0.39 is 0 Å². The molecule has 1 aliphatic rings. The van der Waals surface area contributed by atoms with Crippen molar-refractivity contribution in [2.45, 2.75) is 31.9 Å². The Kier molecular flexibility index (Phi) is 5.65. The Morgan fingerprint density at radius 2 is 2.00 bits per heavy atom. The lowest BCUT2D eigenvalue weighted by molar-refractivity contribution is 0.0546. The van der Waals surface area contributed by atoms with Gasteiger partial charge in [-0.25, -0.2) is 0 Å². The van der Waals surface area contributed by atoms with E-state index in [-0.39, 0.29) is 6.10 Å². The second kappa shape index (κ2) is 7.52. The van der Waals surface area contributed by atoms with Gasteiger partial charge in [-0.1, -0.05) is 30.3 Å². The van der Waals surface area contributed by atoms with E-state index in [1.54, 1.807) is 0 Å². The smallest absolute Gasteiger partial charge is 0.0797 e. The van der Waals surface area contributed by atoms with Crippen LogP contribution < -0.4 is 5.32 Å². The first-order valence-corrected chi connectivity index (χ1v) is 6.84. The van der Waals surface area contributed by atoms with Crippen LogP contribution in [0.25, 0.3) is 0 Å². The Bertz CT molecular complexity index is 323. The van der Waals surface area contributed by atoms with Crippen molar-refractivity contribution < 1.29 is 9.47 Å². The molecule has 0 aliphatic carbocycles. The number of ether oxygens (including phenoxy) is 2. The summed E-state index contributed by atoms with van der Waals surface area (Å²) in [4.78, 5) is 0. The van der Waals surface area contributed by atoms with E-state index in [4.69, 9.17) is 9.47 Å². The predicted molar refractivity (Wildman–Crippen MR) is 72.7 cm³/mol. The first-order chi connectivity index (χ1) is 8.86. The zero-order valence-electron chi connectivity index (χ0n) is 11.1. The highest BCUT2D eigenvalue weighted by atomic mass is 16.5. The molecule has 0 amide bonds. The molecule has 0 saturated carbocycles. The minimum Gasteiger partial charge on any atom is -0.381 e. The highest BCUT2D eigenvalue weighted by Crippen LogP contribution is 2.15. The van der Waals surface area contributed by atoms with E-state index in [2.05, 4.69) is 36.5 Å². The van der Waals surface area contributed by atoms with E-state index in [1.165, 1.54) is 5.56 Å². The van der Waals surface area contributed by atoms with Crippen molar-refractivity contribution in [3.63, 3.8) is 0 Å². The summed E-state index contributed by atoms with van der Waals surface area (Å²) >= 11 is 0. The molecule has 1 aliphatic heterocycles. The van der Waals surface area contributed by atoms with Crippen LogP contribution >= 0.6 is 0 Å². The zero-order valence-corrected chi connectivity index (χ0v) is 11.1. The van der Waals surface area contributed by atoms with Gasteiger partial charge in [0.1, 0.15) is 0 Å². The Hall–Kier alpha value is -0.900. The third kappa shape index (κ3) is 4.41. The fourth-order valence-electron chi connectivity index (χ4n) is 2.22. The number of nitrogens with one attached hydrogen (secondary N) is 1. The third-order valence-electron chi connectivity index (χ3n) is 3.39. The number of rotatable bonds is 6. The third-order valence-corrected chi connectivity index (χ3v) is 3.39. The van der Waals surface area contributed by atoms with Crippen LogP contribution in [-0.2, 0) is 9.47 Å². The molecule has 0 radical (unpaired) electrons. The maximum Gasteiger partial charge on any atom is 0.0797 e. The van der Waals surface area contributed by atoms with Crippen LogP contribution in [0.1, 0.15) is 31.4 Å². The normalized spacial score (nSPS) is 18.7. The number of hydrogen-bond acceptors (Lipinski definition) is 3. The fourth-order valence-corrected chi connectivity index (χ4v) is 2.22. The molecule has 1 heterocycles. The van der Waals surface area contributed by atoms with Gasteiger partial charge in [0.25, 0.3) is 0 Å². The molecule has 0 aromatic heterocycles. The number of hydrogen-bond donors (Lipinski definition) is 1. The topological polar surface area (TPSA) is 30.5 Å². The molecule has 1 aromatic rings. The molecule has 1 N–H and O–H groups in total. The van der Waals surface area contributed by atoms with Crippen LogP contribution in [-0.4, -0.2) is 32.4 Å². The van der Waals surface area contributed by atoms with Crippen LogP contribution in [0.15, 0.2) is 30.3 Å². The molecule has 3 nitrogen and oxygen atoms in total. The summed E-state index contributed by atoms with van der Waals surface area (Å²) in [6, 6.07) is 11.0. The van der Waals surface area contributed by atoms with Crippen molar-refractivity contribution in [1.29, 1.82) is 0 Å². The molecule has 3 heteroatoms. The van der Waals surface area contributed by atoms with Crippen molar-refractivity contribution >= 4 is 0 Å². The van der Waals surface area contributed by atoms with Gasteiger partial charge in [0, 0.05) is 25.8 Å². The lowest BCUT2D eigenvalue weighted by atomic mass is 10.1. The molecule has 18 heavy (non-hydrogen) atoms. The SMILES string of the molecule is CC(OCCNC1CCOCC1)c1ccccc1. The van der Waals surface area contributed by atoms with E-state index in [0.717, 1.165) is 39.2 Å². The summed E-state index contributed by atoms with van der Waals surface area (Å²) < 4.78 is 11.2. The quantitative estimate of drug-likeness (QED) is 0.786. The van der Waals surface area contributed by atoms with Gasteiger partial charge in [-0.2, -0.15) is 0 Å². The molecule has 2 rings (SSSR count). The first-order valence-electron chi connectivity index (χ1n) is 6.84. The molecule has 1 atom stereocenters. The Morgan fingerprint density at radius 1 is 1.28 bits per heavy atom. The number of benzene rings is 1. The van der Waals surface area contributed by atoms with Crippen LogP contribution in [0.4, 0.5) is 0 Å². The second-order valence-corrected chi connectivity index (χ2v) is 4.76. The van der Waals surface area contributed by atoms with Gasteiger partial charge >= 0.3 is 0 Å². The molecule has 1 unspecified atom stereocenters. The summed E-state index contributed by atoms with van der Waals surface area (Å²) in [6.07, 6.45) is 2.41. The van der Waals surface area contributed by atoms with Crippen molar-refractivity contribution in [3.05, 3.63) is 35.9 Å². The maximum absolute atomic E-state index is 5.83. The maximum atomic E-state index is 5.83. The minimum atomic E-state index is 0.169. The fraction of sp³-hybridized carbons (Fsp3) is 0.600. The lowest BCUT2D eigenvalue weighted by Gasteiger charge is -2.23. The molecular weight excluding hydrogens is 226 g/mol. The Morgan fingerprint density at radius 3 is 2.72 bits per heavy atom. The van der Waals surface area contributed by atoms with Gasteiger partial charge in [0.15, 0.2) is 0 Å². The molecule has 1 aromatic carbocycles. The average Bonchev–Trinajstić information content (AvgIpc) is 2.45. The van der Waals surface area contributed by atoms with E-state index in [1.807, 2.05) is 6.07 Å². The van der Waals surface area contributed by atoms with Gasteiger partial charge in [-0.3, -0.25) is 0 Å². The largest absolute Gasteiger partial charge is 0.381 e. The predicted octanol–water partition coefficient (Wildman–Crippen LogP) is 2.53. The molecule has 0 spiro atoms. The summed E-state index contributed by atoms with van der Waals surface area (Å²) in [5.74, 6) is 0. The van der Waals surface area contributed by atoms with Gasteiger partial charge < -0.3 is 14.8 Å². The van der Waals surface area contributed by atoms with Crippen molar-refractivity contribution in [2.24, 2.45) is 0 Å². The summed E-state index contributed by atoms with van der Waals surface area (Å²) in [7, 11) is 0. The van der Waals surface area contributed by atoms with Gasteiger partial charge in [0.05, 0.1) is 12.7 Å². The Balaban J connectivity index is 1.60. The lowest BCUT2D eigenvalue weighted by Crippen LogP contribution is -2.36. The summed E-state index contributed by atoms with van der Waals surface area (Å²) in [5, 5.41) is 3.52. The van der Waals surface area contributed by atoms with E-state index >= 15 is 0 Å².